The van der Waals surface area contributed by atoms with Crippen LogP contribution in [0.15, 0.2) is 42.5 Å². The van der Waals surface area contributed by atoms with Gasteiger partial charge >= 0.3 is 0 Å². The standard InChI is InChI=1S/C19H23N3O3S/c1-14-5-8-17(22-11-4-12-26(22,24)25)13-18(14)20-19(23)15-6-9-16(10-7-15)21(2)3/h5-10,13H,4,11-12H2,1-3H3,(H,20,23). The maximum absolute atomic E-state index is 12.6. The number of carbonyl (C=O) groups is 1. The van der Waals surface area contributed by atoms with E-state index >= 15 is 0 Å². The quantitative estimate of drug-likeness (QED) is 0.895. The van der Waals surface area contributed by atoms with Crippen molar-refractivity contribution < 1.29 is 13.2 Å². The largest absolute Gasteiger partial charge is 0.378 e. The number of anilines is 3. The summed E-state index contributed by atoms with van der Waals surface area (Å²) in [5.41, 5.74) is 3.65. The molecule has 0 saturated carbocycles. The summed E-state index contributed by atoms with van der Waals surface area (Å²) in [6.07, 6.45) is 0.621. The fourth-order valence-corrected chi connectivity index (χ4v) is 4.49. The van der Waals surface area contributed by atoms with Gasteiger partial charge in [0.2, 0.25) is 10.0 Å². The van der Waals surface area contributed by atoms with Crippen molar-refractivity contribution in [2.45, 2.75) is 13.3 Å². The summed E-state index contributed by atoms with van der Waals surface area (Å²) in [5.74, 6) is -0.0549. The highest BCUT2D eigenvalue weighted by atomic mass is 32.2. The number of nitrogens with zero attached hydrogens (tertiary/aromatic N) is 2. The minimum absolute atomic E-state index is 0.167. The topological polar surface area (TPSA) is 69.7 Å². The van der Waals surface area contributed by atoms with Crippen LogP contribution < -0.4 is 14.5 Å². The SMILES string of the molecule is Cc1ccc(N2CCCS2(=O)=O)cc1NC(=O)c1ccc(N(C)C)cc1. The molecule has 2 aromatic rings. The lowest BCUT2D eigenvalue weighted by atomic mass is 10.1. The van der Waals surface area contributed by atoms with Gasteiger partial charge in [0.25, 0.3) is 5.91 Å². The molecule has 0 bridgehead atoms. The van der Waals surface area contributed by atoms with Crippen LogP contribution in [0.1, 0.15) is 22.3 Å². The number of hydrogen-bond donors (Lipinski definition) is 1. The van der Waals surface area contributed by atoms with Gasteiger partial charge in [-0.1, -0.05) is 6.07 Å². The van der Waals surface area contributed by atoms with Gasteiger partial charge in [0.05, 0.1) is 11.4 Å². The Morgan fingerprint density at radius 2 is 1.81 bits per heavy atom. The van der Waals surface area contributed by atoms with E-state index in [0.717, 1.165) is 11.3 Å². The molecule has 2 aromatic carbocycles. The molecule has 0 unspecified atom stereocenters. The summed E-state index contributed by atoms with van der Waals surface area (Å²) in [4.78, 5) is 14.5. The second-order valence-electron chi connectivity index (χ2n) is 6.64. The molecule has 138 valence electrons. The summed E-state index contributed by atoms with van der Waals surface area (Å²) < 4.78 is 25.7. The highest BCUT2D eigenvalue weighted by Gasteiger charge is 2.28. The Kier molecular flexibility index (Phi) is 4.91. The van der Waals surface area contributed by atoms with E-state index in [-0.39, 0.29) is 11.7 Å². The van der Waals surface area contributed by atoms with E-state index in [1.165, 1.54) is 4.31 Å². The molecule has 0 aromatic heterocycles. The summed E-state index contributed by atoms with van der Waals surface area (Å²) in [6.45, 7) is 2.36. The molecule has 1 fully saturated rings. The molecule has 7 heteroatoms. The lowest BCUT2D eigenvalue weighted by Gasteiger charge is -2.19. The van der Waals surface area contributed by atoms with E-state index in [1.54, 1.807) is 24.3 Å². The summed E-state index contributed by atoms with van der Waals surface area (Å²) in [6, 6.07) is 12.6. The average molecular weight is 373 g/mol. The lowest BCUT2D eigenvalue weighted by Crippen LogP contribution is -2.25. The Balaban J connectivity index is 1.83. The third-order valence-corrected chi connectivity index (χ3v) is 6.37. The first-order valence-electron chi connectivity index (χ1n) is 8.48. The summed E-state index contributed by atoms with van der Waals surface area (Å²) in [7, 11) is 0.634. The molecule has 6 nitrogen and oxygen atoms in total. The van der Waals surface area contributed by atoms with Gasteiger partial charge in [-0.25, -0.2) is 8.42 Å². The third-order valence-electron chi connectivity index (χ3n) is 4.50. The Bertz CT molecular complexity index is 922. The van der Waals surface area contributed by atoms with Crippen molar-refractivity contribution in [1.82, 2.24) is 0 Å². The van der Waals surface area contributed by atoms with Gasteiger partial charge < -0.3 is 10.2 Å². The number of aryl methyl sites for hydroxylation is 1. The van der Waals surface area contributed by atoms with Crippen molar-refractivity contribution in [3.05, 3.63) is 53.6 Å². The molecule has 1 saturated heterocycles. The number of carbonyl (C=O) groups excluding carboxylic acids is 1. The van der Waals surface area contributed by atoms with E-state index in [9.17, 15) is 13.2 Å². The number of rotatable bonds is 4. The number of amides is 1. The average Bonchev–Trinajstić information content (AvgIpc) is 2.96. The van der Waals surface area contributed by atoms with Crippen LogP contribution in [0.25, 0.3) is 0 Å². The van der Waals surface area contributed by atoms with Crippen molar-refractivity contribution >= 4 is 33.0 Å². The van der Waals surface area contributed by atoms with Gasteiger partial charge in [0.15, 0.2) is 0 Å². The second kappa shape index (κ2) is 6.99. The van der Waals surface area contributed by atoms with E-state index in [4.69, 9.17) is 0 Å². The lowest BCUT2D eigenvalue weighted by molar-refractivity contribution is 0.102. The summed E-state index contributed by atoms with van der Waals surface area (Å²) in [5, 5.41) is 2.89. The molecule has 0 radical (unpaired) electrons. The molecule has 1 amide bonds. The van der Waals surface area contributed by atoms with Gasteiger partial charge in [-0.15, -0.1) is 0 Å². The van der Waals surface area contributed by atoms with E-state index in [1.807, 2.05) is 44.1 Å². The Hall–Kier alpha value is -2.54. The van der Waals surface area contributed by atoms with Crippen molar-refractivity contribution in [3.63, 3.8) is 0 Å². The van der Waals surface area contributed by atoms with Crippen molar-refractivity contribution in [1.29, 1.82) is 0 Å². The molecule has 0 atom stereocenters. The molecule has 1 aliphatic rings. The molecule has 0 aliphatic carbocycles. The predicted molar refractivity (Wildman–Crippen MR) is 106 cm³/mol. The molecular formula is C19H23N3O3S. The smallest absolute Gasteiger partial charge is 0.255 e. The molecule has 26 heavy (non-hydrogen) atoms. The maximum atomic E-state index is 12.6. The van der Waals surface area contributed by atoms with Crippen LogP contribution in [0.5, 0.6) is 0 Å². The highest BCUT2D eigenvalue weighted by molar-refractivity contribution is 7.93. The Labute approximate surface area is 154 Å². The zero-order valence-electron chi connectivity index (χ0n) is 15.2. The normalized spacial score (nSPS) is 15.7. The first-order valence-corrected chi connectivity index (χ1v) is 10.1. The Morgan fingerprint density at radius 1 is 1.12 bits per heavy atom. The number of hydrogen-bond acceptors (Lipinski definition) is 4. The molecule has 1 N–H and O–H groups in total. The van der Waals surface area contributed by atoms with E-state index in [0.29, 0.717) is 29.9 Å². The fraction of sp³-hybridized carbons (Fsp3) is 0.316. The zero-order valence-corrected chi connectivity index (χ0v) is 16.0. The van der Waals surface area contributed by atoms with Gasteiger partial charge in [-0.3, -0.25) is 9.10 Å². The van der Waals surface area contributed by atoms with Crippen LogP contribution in [-0.2, 0) is 10.0 Å². The number of nitrogens with one attached hydrogen (secondary N) is 1. The minimum atomic E-state index is -3.25. The predicted octanol–water partition coefficient (Wildman–Crippen LogP) is 2.85. The Morgan fingerprint density at radius 3 is 2.38 bits per heavy atom. The maximum Gasteiger partial charge on any atom is 0.255 e. The number of benzene rings is 2. The van der Waals surface area contributed by atoms with Crippen LogP contribution in [-0.4, -0.2) is 40.7 Å². The van der Waals surface area contributed by atoms with Crippen LogP contribution >= 0.6 is 0 Å². The third kappa shape index (κ3) is 3.67. The first kappa shape index (κ1) is 18.3. The van der Waals surface area contributed by atoms with Crippen LogP contribution in [0.2, 0.25) is 0 Å². The second-order valence-corrected chi connectivity index (χ2v) is 8.65. The molecule has 1 aliphatic heterocycles. The van der Waals surface area contributed by atoms with Crippen LogP contribution in [0, 0.1) is 6.92 Å². The molecule has 3 rings (SSSR count). The van der Waals surface area contributed by atoms with Crippen molar-refractivity contribution in [2.24, 2.45) is 0 Å². The number of sulfonamides is 1. The van der Waals surface area contributed by atoms with Crippen LogP contribution in [0.3, 0.4) is 0 Å². The zero-order chi connectivity index (χ0) is 18.9. The van der Waals surface area contributed by atoms with Gasteiger partial charge in [0, 0.05) is 37.6 Å². The fourth-order valence-electron chi connectivity index (χ4n) is 2.93. The van der Waals surface area contributed by atoms with Crippen LogP contribution in [0.4, 0.5) is 17.1 Å². The minimum Gasteiger partial charge on any atom is -0.378 e. The molecule has 1 heterocycles. The highest BCUT2D eigenvalue weighted by Crippen LogP contribution is 2.29. The van der Waals surface area contributed by atoms with Gasteiger partial charge in [0.1, 0.15) is 0 Å². The molecule has 0 spiro atoms. The molecular weight excluding hydrogens is 350 g/mol. The van der Waals surface area contributed by atoms with E-state index in [2.05, 4.69) is 5.32 Å². The van der Waals surface area contributed by atoms with E-state index < -0.39 is 10.0 Å². The monoisotopic (exact) mass is 373 g/mol. The van der Waals surface area contributed by atoms with Gasteiger partial charge in [-0.05, 0) is 55.3 Å². The van der Waals surface area contributed by atoms with Crippen molar-refractivity contribution in [3.8, 4) is 0 Å². The van der Waals surface area contributed by atoms with Crippen molar-refractivity contribution in [2.75, 3.05) is 40.9 Å². The first-order chi connectivity index (χ1) is 12.3. The van der Waals surface area contributed by atoms with Gasteiger partial charge in [-0.2, -0.15) is 0 Å². The summed E-state index contributed by atoms with van der Waals surface area (Å²) >= 11 is 0.